The van der Waals surface area contributed by atoms with Gasteiger partial charge in [-0.1, -0.05) is 39.5 Å². The van der Waals surface area contributed by atoms with Crippen LogP contribution in [-0.4, -0.2) is 23.3 Å². The van der Waals surface area contributed by atoms with Gasteiger partial charge < -0.3 is 10.4 Å². The molecule has 1 aliphatic rings. The molecule has 0 aliphatic heterocycles. The van der Waals surface area contributed by atoms with Crippen LogP contribution in [0.4, 0.5) is 0 Å². The van der Waals surface area contributed by atoms with Crippen molar-refractivity contribution in [2.24, 2.45) is 5.92 Å². The Morgan fingerprint density at radius 1 is 1.19 bits per heavy atom. The summed E-state index contributed by atoms with van der Waals surface area (Å²) >= 11 is 0. The maximum absolute atomic E-state index is 10.0. The molecule has 96 valence electrons. The summed E-state index contributed by atoms with van der Waals surface area (Å²) in [6.07, 6.45) is 8.22. The van der Waals surface area contributed by atoms with E-state index < -0.39 is 0 Å². The van der Waals surface area contributed by atoms with Crippen molar-refractivity contribution < 1.29 is 5.11 Å². The normalized spacial score (nSPS) is 30.8. The molecule has 1 aliphatic carbocycles. The summed E-state index contributed by atoms with van der Waals surface area (Å²) in [5.74, 6) is 0.783. The van der Waals surface area contributed by atoms with Crippen LogP contribution in [0.1, 0.15) is 65.7 Å². The molecule has 0 bridgehead atoms. The van der Waals surface area contributed by atoms with Gasteiger partial charge in [0.1, 0.15) is 0 Å². The molecule has 0 saturated heterocycles. The van der Waals surface area contributed by atoms with Crippen LogP contribution in [0.2, 0.25) is 0 Å². The first kappa shape index (κ1) is 14.0. The largest absolute Gasteiger partial charge is 0.392 e. The molecule has 0 amide bonds. The second-order valence-electron chi connectivity index (χ2n) is 5.63. The van der Waals surface area contributed by atoms with E-state index in [1.54, 1.807) is 0 Å². The van der Waals surface area contributed by atoms with E-state index in [4.69, 9.17) is 0 Å². The van der Waals surface area contributed by atoms with Crippen molar-refractivity contribution in [2.75, 3.05) is 0 Å². The molecule has 4 unspecified atom stereocenters. The van der Waals surface area contributed by atoms with Crippen LogP contribution in [0.3, 0.4) is 0 Å². The SMILES string of the molecule is CCC(C)CC(C)NC1CCCCCC1O. The zero-order valence-corrected chi connectivity index (χ0v) is 11.2. The van der Waals surface area contributed by atoms with Crippen LogP contribution in [0.15, 0.2) is 0 Å². The van der Waals surface area contributed by atoms with E-state index in [9.17, 15) is 5.11 Å². The standard InChI is InChI=1S/C14H29NO/c1-4-11(2)10-12(3)15-13-8-6-5-7-9-14(13)16/h11-16H,4-10H2,1-3H3. The molecule has 0 radical (unpaired) electrons. The lowest BCUT2D eigenvalue weighted by atomic mass is 9.98. The quantitative estimate of drug-likeness (QED) is 0.707. The van der Waals surface area contributed by atoms with Gasteiger partial charge in [-0.25, -0.2) is 0 Å². The van der Waals surface area contributed by atoms with Crippen molar-refractivity contribution in [3.63, 3.8) is 0 Å². The molecule has 0 heterocycles. The third-order valence-electron chi connectivity index (χ3n) is 3.93. The Balaban J connectivity index is 2.32. The fraction of sp³-hybridized carbons (Fsp3) is 1.00. The summed E-state index contributed by atoms with van der Waals surface area (Å²) in [6.45, 7) is 6.81. The maximum Gasteiger partial charge on any atom is 0.0693 e. The monoisotopic (exact) mass is 227 g/mol. The fourth-order valence-electron chi connectivity index (χ4n) is 2.69. The molecule has 16 heavy (non-hydrogen) atoms. The van der Waals surface area contributed by atoms with Crippen molar-refractivity contribution in [1.82, 2.24) is 5.32 Å². The highest BCUT2D eigenvalue weighted by Gasteiger charge is 2.22. The minimum atomic E-state index is -0.123. The van der Waals surface area contributed by atoms with Gasteiger partial charge in [0.25, 0.3) is 0 Å². The van der Waals surface area contributed by atoms with Gasteiger partial charge in [-0.15, -0.1) is 0 Å². The summed E-state index contributed by atoms with van der Waals surface area (Å²) in [7, 11) is 0. The molecular formula is C14H29NO. The molecule has 0 aromatic rings. The van der Waals surface area contributed by atoms with Crippen molar-refractivity contribution in [2.45, 2.75) is 83.9 Å². The smallest absolute Gasteiger partial charge is 0.0693 e. The number of rotatable bonds is 5. The second-order valence-corrected chi connectivity index (χ2v) is 5.63. The van der Waals surface area contributed by atoms with Gasteiger partial charge in [0.05, 0.1) is 6.10 Å². The lowest BCUT2D eigenvalue weighted by Crippen LogP contribution is -2.44. The van der Waals surface area contributed by atoms with Gasteiger partial charge in [0, 0.05) is 12.1 Å². The molecule has 1 fully saturated rings. The highest BCUT2D eigenvalue weighted by Crippen LogP contribution is 2.19. The predicted molar refractivity (Wildman–Crippen MR) is 69.5 cm³/mol. The van der Waals surface area contributed by atoms with Crippen LogP contribution >= 0.6 is 0 Å². The van der Waals surface area contributed by atoms with Gasteiger partial charge in [-0.2, -0.15) is 0 Å². The van der Waals surface area contributed by atoms with Crippen molar-refractivity contribution in [3.8, 4) is 0 Å². The van der Waals surface area contributed by atoms with E-state index >= 15 is 0 Å². The summed E-state index contributed by atoms with van der Waals surface area (Å²) in [4.78, 5) is 0. The molecular weight excluding hydrogens is 198 g/mol. The van der Waals surface area contributed by atoms with Gasteiger partial charge in [0.2, 0.25) is 0 Å². The molecule has 2 N–H and O–H groups in total. The lowest BCUT2D eigenvalue weighted by Gasteiger charge is -2.27. The minimum absolute atomic E-state index is 0.123. The number of hydrogen-bond donors (Lipinski definition) is 2. The van der Waals surface area contributed by atoms with Gasteiger partial charge in [-0.3, -0.25) is 0 Å². The molecule has 1 saturated carbocycles. The Morgan fingerprint density at radius 2 is 1.88 bits per heavy atom. The van der Waals surface area contributed by atoms with E-state index in [0.717, 1.165) is 18.8 Å². The van der Waals surface area contributed by atoms with Crippen molar-refractivity contribution >= 4 is 0 Å². The first-order valence-electron chi connectivity index (χ1n) is 7.07. The summed E-state index contributed by atoms with van der Waals surface area (Å²) in [5, 5.41) is 13.7. The first-order valence-corrected chi connectivity index (χ1v) is 7.07. The van der Waals surface area contributed by atoms with Crippen molar-refractivity contribution in [3.05, 3.63) is 0 Å². The zero-order chi connectivity index (χ0) is 12.0. The van der Waals surface area contributed by atoms with E-state index in [1.165, 1.54) is 32.1 Å². The van der Waals surface area contributed by atoms with Crippen LogP contribution < -0.4 is 5.32 Å². The second kappa shape index (κ2) is 7.29. The Hall–Kier alpha value is -0.0800. The van der Waals surface area contributed by atoms with E-state index in [1.807, 2.05) is 0 Å². The minimum Gasteiger partial charge on any atom is -0.392 e. The maximum atomic E-state index is 10.0. The summed E-state index contributed by atoms with van der Waals surface area (Å²) in [6, 6.07) is 0.870. The molecule has 4 atom stereocenters. The highest BCUT2D eigenvalue weighted by atomic mass is 16.3. The van der Waals surface area contributed by atoms with E-state index in [2.05, 4.69) is 26.1 Å². The van der Waals surface area contributed by atoms with E-state index in [-0.39, 0.29) is 6.10 Å². The zero-order valence-electron chi connectivity index (χ0n) is 11.2. The van der Waals surface area contributed by atoms with E-state index in [0.29, 0.717) is 12.1 Å². The van der Waals surface area contributed by atoms with Gasteiger partial charge in [-0.05, 0) is 32.1 Å². The van der Waals surface area contributed by atoms with Gasteiger partial charge in [0.15, 0.2) is 0 Å². The average molecular weight is 227 g/mol. The third-order valence-corrected chi connectivity index (χ3v) is 3.93. The number of hydrogen-bond acceptors (Lipinski definition) is 2. The third kappa shape index (κ3) is 4.84. The van der Waals surface area contributed by atoms with Gasteiger partial charge >= 0.3 is 0 Å². The summed E-state index contributed by atoms with van der Waals surface area (Å²) in [5.41, 5.74) is 0. The molecule has 0 aromatic carbocycles. The topological polar surface area (TPSA) is 32.3 Å². The molecule has 1 rings (SSSR count). The Morgan fingerprint density at radius 3 is 2.56 bits per heavy atom. The van der Waals surface area contributed by atoms with Crippen LogP contribution in [0.25, 0.3) is 0 Å². The number of aliphatic hydroxyl groups is 1. The molecule has 0 aromatic heterocycles. The van der Waals surface area contributed by atoms with Crippen molar-refractivity contribution in [1.29, 1.82) is 0 Å². The first-order chi connectivity index (χ1) is 7.63. The predicted octanol–water partition coefficient (Wildman–Crippen LogP) is 3.09. The fourth-order valence-corrected chi connectivity index (χ4v) is 2.69. The van der Waals surface area contributed by atoms with Crippen LogP contribution in [0.5, 0.6) is 0 Å². The number of nitrogens with one attached hydrogen (secondary N) is 1. The number of aliphatic hydroxyl groups excluding tert-OH is 1. The van der Waals surface area contributed by atoms with Crippen LogP contribution in [0, 0.1) is 5.92 Å². The Labute approximate surface area is 101 Å². The average Bonchev–Trinajstić information content (AvgIpc) is 2.44. The molecule has 0 spiro atoms. The Kier molecular flexibility index (Phi) is 6.37. The Bertz CT molecular complexity index is 184. The lowest BCUT2D eigenvalue weighted by molar-refractivity contribution is 0.112. The molecule has 2 nitrogen and oxygen atoms in total. The molecule has 2 heteroatoms. The highest BCUT2D eigenvalue weighted by molar-refractivity contribution is 4.81. The summed E-state index contributed by atoms with van der Waals surface area (Å²) < 4.78 is 0. The van der Waals surface area contributed by atoms with Crippen LogP contribution in [-0.2, 0) is 0 Å².